The third kappa shape index (κ3) is 4.79. The molecule has 0 atom stereocenters. The van der Waals surface area contributed by atoms with Gasteiger partial charge in [0.1, 0.15) is 19.0 Å². The topological polar surface area (TPSA) is 61.6 Å². The monoisotopic (exact) mass is 349 g/mol. The second kappa shape index (κ2) is 7.13. The van der Waals surface area contributed by atoms with Gasteiger partial charge in [-0.1, -0.05) is 15.9 Å². The fourth-order valence-electron chi connectivity index (χ4n) is 1.84. The highest BCUT2D eigenvalue weighted by atomic mass is 79.9. The summed E-state index contributed by atoms with van der Waals surface area (Å²) < 4.78 is 11.6. The number of rotatable bonds is 5. The van der Waals surface area contributed by atoms with Crippen LogP contribution in [0, 0.1) is 6.92 Å². The minimum absolute atomic E-state index is 0.183. The van der Waals surface area contributed by atoms with Crippen LogP contribution in [0.2, 0.25) is 0 Å². The predicted octanol–water partition coefficient (Wildman–Crippen LogP) is 3.58. The van der Waals surface area contributed by atoms with E-state index in [4.69, 9.17) is 15.2 Å². The Kier molecular flexibility index (Phi) is 5.22. The standard InChI is InChI=1S/C16H16BrNO3/c1-11-8-12(10-14(18)9-11)16(19)21-7-6-20-15-4-2-13(17)3-5-15/h2-5,8-10H,6-7,18H2,1H3. The van der Waals surface area contributed by atoms with Crippen LogP contribution in [-0.4, -0.2) is 19.2 Å². The molecular formula is C16H16BrNO3. The summed E-state index contributed by atoms with van der Waals surface area (Å²) in [4.78, 5) is 11.9. The van der Waals surface area contributed by atoms with Crippen molar-refractivity contribution in [2.45, 2.75) is 6.92 Å². The molecule has 0 aliphatic heterocycles. The van der Waals surface area contributed by atoms with Crippen LogP contribution in [0.5, 0.6) is 5.75 Å². The van der Waals surface area contributed by atoms with Gasteiger partial charge in [-0.3, -0.25) is 0 Å². The third-order valence-corrected chi connectivity index (χ3v) is 3.26. The highest BCUT2D eigenvalue weighted by Gasteiger charge is 2.08. The molecule has 21 heavy (non-hydrogen) atoms. The number of hydrogen-bond acceptors (Lipinski definition) is 4. The van der Waals surface area contributed by atoms with Crippen molar-refractivity contribution in [3.8, 4) is 5.75 Å². The summed E-state index contributed by atoms with van der Waals surface area (Å²) >= 11 is 3.35. The Labute approximate surface area is 132 Å². The lowest BCUT2D eigenvalue weighted by atomic mass is 10.1. The van der Waals surface area contributed by atoms with Gasteiger partial charge in [0.2, 0.25) is 0 Å². The summed E-state index contributed by atoms with van der Waals surface area (Å²) in [6.07, 6.45) is 0. The molecule has 0 bridgehead atoms. The quantitative estimate of drug-likeness (QED) is 0.509. The maximum atomic E-state index is 11.9. The molecule has 4 nitrogen and oxygen atoms in total. The lowest BCUT2D eigenvalue weighted by molar-refractivity contribution is 0.0450. The van der Waals surface area contributed by atoms with Crippen LogP contribution in [0.1, 0.15) is 15.9 Å². The number of carbonyl (C=O) groups is 1. The summed E-state index contributed by atoms with van der Waals surface area (Å²) in [6, 6.07) is 12.6. The Morgan fingerprint density at radius 2 is 1.86 bits per heavy atom. The zero-order valence-electron chi connectivity index (χ0n) is 11.6. The summed E-state index contributed by atoms with van der Waals surface area (Å²) in [7, 11) is 0. The van der Waals surface area contributed by atoms with Crippen molar-refractivity contribution >= 4 is 27.6 Å². The first-order valence-corrected chi connectivity index (χ1v) is 7.26. The molecule has 0 heterocycles. The van der Waals surface area contributed by atoms with E-state index < -0.39 is 5.97 Å². The number of aryl methyl sites for hydroxylation is 1. The van der Waals surface area contributed by atoms with Gasteiger partial charge in [-0.25, -0.2) is 4.79 Å². The molecule has 5 heteroatoms. The molecule has 0 unspecified atom stereocenters. The molecular weight excluding hydrogens is 334 g/mol. The molecule has 110 valence electrons. The summed E-state index contributed by atoms with van der Waals surface area (Å²) in [5.74, 6) is 0.332. The largest absolute Gasteiger partial charge is 0.490 e. The first-order chi connectivity index (χ1) is 10.0. The van der Waals surface area contributed by atoms with Crippen LogP contribution in [0.3, 0.4) is 0 Å². The Bertz CT molecular complexity index is 606. The first kappa shape index (κ1) is 15.4. The number of esters is 1. The van der Waals surface area contributed by atoms with Crippen LogP contribution in [0.15, 0.2) is 46.9 Å². The average molecular weight is 350 g/mol. The van der Waals surface area contributed by atoms with Crippen LogP contribution in [-0.2, 0) is 4.74 Å². The van der Waals surface area contributed by atoms with Crippen LogP contribution in [0.4, 0.5) is 5.69 Å². The fourth-order valence-corrected chi connectivity index (χ4v) is 2.10. The zero-order chi connectivity index (χ0) is 15.2. The van der Waals surface area contributed by atoms with E-state index in [1.54, 1.807) is 18.2 Å². The van der Waals surface area contributed by atoms with E-state index in [9.17, 15) is 4.79 Å². The van der Waals surface area contributed by atoms with Gasteiger partial charge in [0, 0.05) is 10.2 Å². The fraction of sp³-hybridized carbons (Fsp3) is 0.188. The second-order valence-electron chi connectivity index (χ2n) is 4.57. The minimum Gasteiger partial charge on any atom is -0.490 e. The maximum Gasteiger partial charge on any atom is 0.338 e. The van der Waals surface area contributed by atoms with Crippen molar-refractivity contribution in [3.05, 3.63) is 58.1 Å². The lowest BCUT2D eigenvalue weighted by Crippen LogP contribution is -2.12. The van der Waals surface area contributed by atoms with E-state index in [1.165, 1.54) is 0 Å². The molecule has 2 N–H and O–H groups in total. The van der Waals surface area contributed by atoms with Crippen molar-refractivity contribution in [2.75, 3.05) is 18.9 Å². The van der Waals surface area contributed by atoms with Crippen molar-refractivity contribution in [1.82, 2.24) is 0 Å². The Morgan fingerprint density at radius 3 is 2.52 bits per heavy atom. The molecule has 0 aliphatic rings. The molecule has 0 saturated carbocycles. The molecule has 0 spiro atoms. The first-order valence-electron chi connectivity index (χ1n) is 6.47. The van der Waals surface area contributed by atoms with Gasteiger partial charge < -0.3 is 15.2 Å². The van der Waals surface area contributed by atoms with Gasteiger partial charge in [-0.15, -0.1) is 0 Å². The molecule has 2 aromatic rings. The highest BCUT2D eigenvalue weighted by molar-refractivity contribution is 9.10. The summed E-state index contributed by atoms with van der Waals surface area (Å²) in [5, 5.41) is 0. The lowest BCUT2D eigenvalue weighted by Gasteiger charge is -2.08. The van der Waals surface area contributed by atoms with Gasteiger partial charge >= 0.3 is 5.97 Å². The number of nitrogen functional groups attached to an aromatic ring is 1. The molecule has 0 aromatic heterocycles. The molecule has 0 fully saturated rings. The van der Waals surface area contributed by atoms with E-state index in [-0.39, 0.29) is 6.61 Å². The number of halogens is 1. The Morgan fingerprint density at radius 1 is 1.14 bits per heavy atom. The molecule has 0 saturated heterocycles. The van der Waals surface area contributed by atoms with Gasteiger partial charge in [0.15, 0.2) is 0 Å². The number of nitrogens with two attached hydrogens (primary N) is 1. The number of hydrogen-bond donors (Lipinski definition) is 1. The van der Waals surface area contributed by atoms with Crippen molar-refractivity contribution in [2.24, 2.45) is 0 Å². The number of anilines is 1. The minimum atomic E-state index is -0.398. The van der Waals surface area contributed by atoms with E-state index in [0.29, 0.717) is 17.9 Å². The SMILES string of the molecule is Cc1cc(N)cc(C(=O)OCCOc2ccc(Br)cc2)c1. The summed E-state index contributed by atoms with van der Waals surface area (Å²) in [6.45, 7) is 2.36. The molecule has 2 aromatic carbocycles. The highest BCUT2D eigenvalue weighted by Crippen LogP contribution is 2.16. The van der Waals surface area contributed by atoms with Crippen LogP contribution in [0.25, 0.3) is 0 Å². The van der Waals surface area contributed by atoms with E-state index in [1.807, 2.05) is 31.2 Å². The normalized spacial score (nSPS) is 10.2. The Hall–Kier alpha value is -2.01. The van der Waals surface area contributed by atoms with Gasteiger partial charge in [0.25, 0.3) is 0 Å². The number of carbonyl (C=O) groups excluding carboxylic acids is 1. The van der Waals surface area contributed by atoms with Gasteiger partial charge in [0.05, 0.1) is 5.56 Å². The van der Waals surface area contributed by atoms with Gasteiger partial charge in [-0.05, 0) is 55.0 Å². The number of ether oxygens (including phenoxy) is 2. The van der Waals surface area contributed by atoms with Crippen LogP contribution < -0.4 is 10.5 Å². The van der Waals surface area contributed by atoms with Crippen molar-refractivity contribution < 1.29 is 14.3 Å². The van der Waals surface area contributed by atoms with Gasteiger partial charge in [-0.2, -0.15) is 0 Å². The number of benzene rings is 2. The molecule has 0 aliphatic carbocycles. The molecule has 2 rings (SSSR count). The van der Waals surface area contributed by atoms with Crippen LogP contribution >= 0.6 is 15.9 Å². The van der Waals surface area contributed by atoms with E-state index >= 15 is 0 Å². The molecule has 0 amide bonds. The van der Waals surface area contributed by atoms with Crippen molar-refractivity contribution in [3.63, 3.8) is 0 Å². The predicted molar refractivity (Wildman–Crippen MR) is 85.5 cm³/mol. The summed E-state index contributed by atoms with van der Waals surface area (Å²) in [5.41, 5.74) is 7.63. The third-order valence-electron chi connectivity index (χ3n) is 2.73. The van der Waals surface area contributed by atoms with E-state index in [2.05, 4.69) is 15.9 Å². The maximum absolute atomic E-state index is 11.9. The Balaban J connectivity index is 1.80. The molecule has 0 radical (unpaired) electrons. The smallest absolute Gasteiger partial charge is 0.338 e. The second-order valence-corrected chi connectivity index (χ2v) is 5.49. The van der Waals surface area contributed by atoms with E-state index in [0.717, 1.165) is 15.8 Å². The average Bonchev–Trinajstić information content (AvgIpc) is 2.44. The van der Waals surface area contributed by atoms with Crippen molar-refractivity contribution in [1.29, 1.82) is 0 Å². The zero-order valence-corrected chi connectivity index (χ0v) is 13.2.